The molecule has 7 heteroatoms. The van der Waals surface area contributed by atoms with Crippen LogP contribution >= 0.6 is 0 Å². The molecule has 0 bridgehead atoms. The van der Waals surface area contributed by atoms with Gasteiger partial charge in [-0.05, 0) is 25.5 Å². The molecule has 0 unspecified atom stereocenters. The van der Waals surface area contributed by atoms with E-state index < -0.39 is 4.92 Å². The van der Waals surface area contributed by atoms with Gasteiger partial charge in [-0.1, -0.05) is 5.16 Å². The van der Waals surface area contributed by atoms with Crippen LogP contribution in [0.1, 0.15) is 21.5 Å². The smallest absolute Gasteiger partial charge is 0.272 e. The molecule has 2 rings (SSSR count). The third-order valence-electron chi connectivity index (χ3n) is 2.68. The van der Waals surface area contributed by atoms with Crippen LogP contribution in [0.15, 0.2) is 29.1 Å². The van der Waals surface area contributed by atoms with Crippen molar-refractivity contribution in [2.24, 2.45) is 0 Å². The summed E-state index contributed by atoms with van der Waals surface area (Å²) < 4.78 is 4.58. The second kappa shape index (κ2) is 4.89. The maximum Gasteiger partial charge on any atom is 0.272 e. The predicted molar refractivity (Wildman–Crippen MR) is 67.0 cm³/mol. The predicted octanol–water partition coefficient (Wildman–Crippen LogP) is 2.45. The van der Waals surface area contributed by atoms with Crippen LogP contribution in [-0.4, -0.2) is 16.0 Å². The first kappa shape index (κ1) is 12.7. The van der Waals surface area contributed by atoms with Gasteiger partial charge in [-0.3, -0.25) is 14.9 Å². The van der Waals surface area contributed by atoms with E-state index in [1.807, 2.05) is 0 Å². The third kappa shape index (κ3) is 2.59. The topological polar surface area (TPSA) is 98.3 Å². The van der Waals surface area contributed by atoms with E-state index in [2.05, 4.69) is 15.0 Å². The van der Waals surface area contributed by atoms with Gasteiger partial charge in [-0.2, -0.15) is 0 Å². The fraction of sp³-hybridized carbons (Fsp3) is 0.167. The van der Waals surface area contributed by atoms with Crippen molar-refractivity contribution in [1.29, 1.82) is 0 Å². The van der Waals surface area contributed by atoms with Crippen molar-refractivity contribution in [3.05, 3.63) is 51.4 Å². The third-order valence-corrected chi connectivity index (χ3v) is 2.68. The first-order valence-electron chi connectivity index (χ1n) is 5.45. The summed E-state index contributed by atoms with van der Waals surface area (Å²) in [4.78, 5) is 22.2. The van der Waals surface area contributed by atoms with Gasteiger partial charge in [0, 0.05) is 17.3 Å². The molecule has 0 spiro atoms. The number of nitrogens with one attached hydrogen (secondary N) is 1. The number of hydrogen-bond acceptors (Lipinski definition) is 5. The highest BCUT2D eigenvalue weighted by Gasteiger charge is 2.15. The Labute approximate surface area is 108 Å². The molecule has 0 fully saturated rings. The second-order valence-electron chi connectivity index (χ2n) is 4.08. The molecule has 0 aliphatic carbocycles. The highest BCUT2D eigenvalue weighted by molar-refractivity contribution is 6.04. The molecule has 98 valence electrons. The van der Waals surface area contributed by atoms with Crippen molar-refractivity contribution in [1.82, 2.24) is 5.16 Å². The minimum Gasteiger partial charge on any atom is -0.364 e. The number of benzene rings is 1. The van der Waals surface area contributed by atoms with Gasteiger partial charge in [0.05, 0.1) is 16.7 Å². The maximum atomic E-state index is 11.8. The Morgan fingerprint density at radius 2 is 2.11 bits per heavy atom. The van der Waals surface area contributed by atoms with Crippen LogP contribution in [0.4, 0.5) is 11.4 Å². The van der Waals surface area contributed by atoms with Gasteiger partial charge in [0.15, 0.2) is 0 Å². The van der Waals surface area contributed by atoms with Gasteiger partial charge in [0.2, 0.25) is 0 Å². The number of carbonyl (C=O) groups excluding carboxylic acids is 1. The molecule has 1 heterocycles. The Balaban J connectivity index is 2.29. The zero-order valence-electron chi connectivity index (χ0n) is 10.3. The van der Waals surface area contributed by atoms with Gasteiger partial charge >= 0.3 is 0 Å². The van der Waals surface area contributed by atoms with Crippen LogP contribution in [0.2, 0.25) is 0 Å². The van der Waals surface area contributed by atoms with Gasteiger partial charge in [0.25, 0.3) is 11.6 Å². The van der Waals surface area contributed by atoms with Crippen LogP contribution in [-0.2, 0) is 0 Å². The molecule has 0 aliphatic heterocycles. The van der Waals surface area contributed by atoms with E-state index in [0.717, 1.165) is 0 Å². The molecule has 1 amide bonds. The van der Waals surface area contributed by atoms with E-state index >= 15 is 0 Å². The molecule has 0 saturated heterocycles. The van der Waals surface area contributed by atoms with E-state index in [-0.39, 0.29) is 17.2 Å². The van der Waals surface area contributed by atoms with E-state index in [4.69, 9.17) is 0 Å². The number of nitro groups is 1. The normalized spacial score (nSPS) is 10.2. The standard InChI is InChI=1S/C12H11N3O4/c1-7-4-11(15(17)18)8(2)3-10(7)14-12(16)9-5-13-19-6-9/h3-6H,1-2H3,(H,14,16). The number of nitro benzene ring substituents is 1. The van der Waals surface area contributed by atoms with Gasteiger partial charge in [0.1, 0.15) is 6.26 Å². The summed E-state index contributed by atoms with van der Waals surface area (Å²) in [5.74, 6) is -0.377. The summed E-state index contributed by atoms with van der Waals surface area (Å²) in [6.45, 7) is 3.31. The number of rotatable bonds is 3. The summed E-state index contributed by atoms with van der Waals surface area (Å²) in [7, 11) is 0. The molecule has 1 N–H and O–H groups in total. The molecule has 0 radical (unpaired) electrons. The second-order valence-corrected chi connectivity index (χ2v) is 4.08. The molecule has 19 heavy (non-hydrogen) atoms. The van der Waals surface area contributed by atoms with Gasteiger partial charge in [-0.15, -0.1) is 0 Å². The summed E-state index contributed by atoms with van der Waals surface area (Å²) in [6, 6.07) is 3.00. The van der Waals surface area contributed by atoms with E-state index in [1.54, 1.807) is 19.9 Å². The lowest BCUT2D eigenvalue weighted by molar-refractivity contribution is -0.385. The average Bonchev–Trinajstić information content (AvgIpc) is 2.86. The SMILES string of the molecule is Cc1cc([N+](=O)[O-])c(C)cc1NC(=O)c1cnoc1. The van der Waals surface area contributed by atoms with E-state index in [9.17, 15) is 14.9 Å². The highest BCUT2D eigenvalue weighted by atomic mass is 16.6. The van der Waals surface area contributed by atoms with Gasteiger partial charge < -0.3 is 9.84 Å². The Morgan fingerprint density at radius 1 is 1.37 bits per heavy atom. The number of anilines is 1. The molecule has 0 aliphatic rings. The van der Waals surface area contributed by atoms with Crippen molar-refractivity contribution < 1.29 is 14.2 Å². The first-order chi connectivity index (χ1) is 8.99. The number of nitrogens with zero attached hydrogens (tertiary/aromatic N) is 2. The lowest BCUT2D eigenvalue weighted by Crippen LogP contribution is -2.12. The van der Waals surface area contributed by atoms with Crippen LogP contribution < -0.4 is 5.32 Å². The molecular weight excluding hydrogens is 250 g/mol. The number of carbonyl (C=O) groups is 1. The van der Waals surface area contributed by atoms with Crippen molar-refractivity contribution in [3.63, 3.8) is 0 Å². The maximum absolute atomic E-state index is 11.8. The summed E-state index contributed by atoms with van der Waals surface area (Å²) in [5, 5.41) is 16.9. The molecule has 7 nitrogen and oxygen atoms in total. The quantitative estimate of drug-likeness (QED) is 0.675. The van der Waals surface area contributed by atoms with Crippen LogP contribution in [0.5, 0.6) is 0 Å². The Kier molecular flexibility index (Phi) is 3.28. The van der Waals surface area contributed by atoms with Crippen LogP contribution in [0.3, 0.4) is 0 Å². The summed E-state index contributed by atoms with van der Waals surface area (Å²) >= 11 is 0. The lowest BCUT2D eigenvalue weighted by atomic mass is 10.1. The molecule has 1 aromatic carbocycles. The number of aryl methyl sites for hydroxylation is 2. The number of hydrogen-bond donors (Lipinski definition) is 1. The Bertz CT molecular complexity index is 635. The summed E-state index contributed by atoms with van der Waals surface area (Å²) in [5.41, 5.74) is 1.93. The molecule has 0 atom stereocenters. The number of aromatic nitrogens is 1. The molecular formula is C12H11N3O4. The molecule has 0 saturated carbocycles. The van der Waals surface area contributed by atoms with Crippen molar-refractivity contribution in [3.8, 4) is 0 Å². The Hall–Kier alpha value is -2.70. The monoisotopic (exact) mass is 261 g/mol. The minimum atomic E-state index is -0.450. The fourth-order valence-corrected chi connectivity index (χ4v) is 1.64. The Morgan fingerprint density at radius 3 is 2.68 bits per heavy atom. The van der Waals surface area contributed by atoms with E-state index in [0.29, 0.717) is 16.8 Å². The van der Waals surface area contributed by atoms with Crippen molar-refractivity contribution >= 4 is 17.3 Å². The van der Waals surface area contributed by atoms with Crippen molar-refractivity contribution in [2.75, 3.05) is 5.32 Å². The minimum absolute atomic E-state index is 0.0282. The molecule has 1 aromatic heterocycles. The van der Waals surface area contributed by atoms with E-state index in [1.165, 1.54) is 18.5 Å². The largest absolute Gasteiger partial charge is 0.364 e. The zero-order valence-corrected chi connectivity index (χ0v) is 10.3. The van der Waals surface area contributed by atoms with Crippen molar-refractivity contribution in [2.45, 2.75) is 13.8 Å². The molecule has 2 aromatic rings. The average molecular weight is 261 g/mol. The summed E-state index contributed by atoms with van der Waals surface area (Å²) in [6.07, 6.45) is 2.52. The van der Waals surface area contributed by atoms with Crippen LogP contribution in [0.25, 0.3) is 0 Å². The fourth-order valence-electron chi connectivity index (χ4n) is 1.64. The zero-order chi connectivity index (χ0) is 14.0. The highest BCUT2D eigenvalue weighted by Crippen LogP contribution is 2.26. The first-order valence-corrected chi connectivity index (χ1v) is 5.45. The van der Waals surface area contributed by atoms with Gasteiger partial charge in [-0.25, -0.2) is 0 Å². The number of amides is 1. The van der Waals surface area contributed by atoms with Crippen LogP contribution in [0, 0.1) is 24.0 Å². The lowest BCUT2D eigenvalue weighted by Gasteiger charge is -2.08.